The molecular formula is C14H16N2O2S. The first-order valence-electron chi connectivity index (χ1n) is 6.26. The maximum atomic E-state index is 12.1. The fourth-order valence-corrected chi connectivity index (χ4v) is 2.87. The largest absolute Gasteiger partial charge is 0.345 e. The van der Waals surface area contributed by atoms with Crippen molar-refractivity contribution in [1.29, 1.82) is 0 Å². The Morgan fingerprint density at radius 1 is 1.47 bits per heavy atom. The van der Waals surface area contributed by atoms with Gasteiger partial charge in [0.25, 0.3) is 5.91 Å². The van der Waals surface area contributed by atoms with Crippen LogP contribution in [0.4, 0.5) is 0 Å². The second-order valence-electron chi connectivity index (χ2n) is 4.47. The number of nitrogens with one attached hydrogen (secondary N) is 1. The van der Waals surface area contributed by atoms with Gasteiger partial charge in [0.2, 0.25) is 5.91 Å². The molecule has 1 aromatic heterocycles. The fraction of sp³-hybridized carbons (Fsp3) is 0.429. The number of nitrogens with zero attached hydrogens (tertiary/aromatic N) is 1. The number of likely N-dealkylation sites (tertiary alicyclic amines) is 1. The van der Waals surface area contributed by atoms with Gasteiger partial charge in [0.15, 0.2) is 0 Å². The van der Waals surface area contributed by atoms with E-state index in [0.29, 0.717) is 25.9 Å². The van der Waals surface area contributed by atoms with Crippen molar-refractivity contribution in [1.82, 2.24) is 10.2 Å². The molecule has 0 radical (unpaired) electrons. The third-order valence-corrected chi connectivity index (χ3v) is 4.11. The van der Waals surface area contributed by atoms with Crippen LogP contribution in [0.1, 0.15) is 22.5 Å². The van der Waals surface area contributed by atoms with Gasteiger partial charge >= 0.3 is 0 Å². The predicted octanol–water partition coefficient (Wildman–Crippen LogP) is 1.35. The number of hydrogen-bond acceptors (Lipinski definition) is 3. The van der Waals surface area contributed by atoms with Crippen molar-refractivity contribution in [3.63, 3.8) is 0 Å². The van der Waals surface area contributed by atoms with E-state index in [1.807, 2.05) is 22.4 Å². The van der Waals surface area contributed by atoms with Crippen molar-refractivity contribution in [2.24, 2.45) is 5.92 Å². The number of carbonyl (C=O) groups excluding carboxylic acids is 2. The Morgan fingerprint density at radius 2 is 2.21 bits per heavy atom. The smallest absolute Gasteiger partial charge is 0.263 e. The summed E-state index contributed by atoms with van der Waals surface area (Å²) in [5.74, 6) is 2.43. The highest BCUT2D eigenvalue weighted by Gasteiger charge is 2.27. The van der Waals surface area contributed by atoms with E-state index in [2.05, 4.69) is 11.2 Å². The maximum Gasteiger partial charge on any atom is 0.263 e. The van der Waals surface area contributed by atoms with Crippen molar-refractivity contribution in [2.75, 3.05) is 19.6 Å². The monoisotopic (exact) mass is 276 g/mol. The van der Waals surface area contributed by atoms with E-state index in [-0.39, 0.29) is 24.3 Å². The van der Waals surface area contributed by atoms with Crippen molar-refractivity contribution >= 4 is 23.2 Å². The molecule has 1 aliphatic heterocycles. The number of carbonyl (C=O) groups is 2. The van der Waals surface area contributed by atoms with Gasteiger partial charge in [-0.15, -0.1) is 17.8 Å². The van der Waals surface area contributed by atoms with Crippen LogP contribution in [0.2, 0.25) is 0 Å². The van der Waals surface area contributed by atoms with Gasteiger partial charge in [-0.05, 0) is 24.3 Å². The van der Waals surface area contributed by atoms with Gasteiger partial charge in [-0.25, -0.2) is 0 Å². The number of piperidine rings is 1. The van der Waals surface area contributed by atoms with Gasteiger partial charge in [0.05, 0.1) is 11.4 Å². The van der Waals surface area contributed by atoms with Crippen LogP contribution in [0.3, 0.4) is 0 Å². The van der Waals surface area contributed by atoms with Crippen LogP contribution in [-0.2, 0) is 4.79 Å². The van der Waals surface area contributed by atoms with Crippen LogP contribution >= 0.6 is 11.3 Å². The van der Waals surface area contributed by atoms with Crippen LogP contribution in [0.25, 0.3) is 0 Å². The standard InChI is InChI=1S/C14H16N2O2S/c1-2-7-15-13(17)11-5-8-16(9-6-11)14(18)12-4-3-10-19-12/h1,3-4,10-11H,5-9H2,(H,15,17). The summed E-state index contributed by atoms with van der Waals surface area (Å²) in [6.45, 7) is 1.53. The van der Waals surface area contributed by atoms with Crippen molar-refractivity contribution in [3.8, 4) is 12.3 Å². The van der Waals surface area contributed by atoms with Crippen molar-refractivity contribution < 1.29 is 9.59 Å². The van der Waals surface area contributed by atoms with Gasteiger partial charge in [0, 0.05) is 19.0 Å². The molecule has 5 heteroatoms. The Kier molecular flexibility index (Phi) is 4.58. The fourth-order valence-electron chi connectivity index (χ4n) is 2.18. The molecule has 0 unspecified atom stereocenters. The number of rotatable bonds is 3. The molecule has 0 saturated carbocycles. The number of thiophene rings is 1. The third-order valence-electron chi connectivity index (χ3n) is 3.25. The van der Waals surface area contributed by atoms with Gasteiger partial charge in [-0.3, -0.25) is 9.59 Å². The molecule has 2 heterocycles. The van der Waals surface area contributed by atoms with Gasteiger partial charge in [-0.2, -0.15) is 0 Å². The zero-order valence-corrected chi connectivity index (χ0v) is 11.4. The zero-order chi connectivity index (χ0) is 13.7. The topological polar surface area (TPSA) is 49.4 Å². The molecule has 100 valence electrons. The molecule has 1 aromatic rings. The lowest BCUT2D eigenvalue weighted by Gasteiger charge is -2.30. The number of terminal acetylenes is 1. The van der Waals surface area contributed by atoms with Crippen LogP contribution in [0.5, 0.6) is 0 Å². The molecule has 1 N–H and O–H groups in total. The Labute approximate surface area is 116 Å². The lowest BCUT2D eigenvalue weighted by Crippen LogP contribution is -2.42. The molecule has 2 rings (SSSR count). The summed E-state index contributed by atoms with van der Waals surface area (Å²) >= 11 is 1.45. The molecule has 1 aliphatic rings. The molecule has 0 spiro atoms. The average Bonchev–Trinajstić information content (AvgIpc) is 2.98. The van der Waals surface area contributed by atoms with E-state index < -0.39 is 0 Å². The summed E-state index contributed by atoms with van der Waals surface area (Å²) in [6, 6.07) is 3.70. The lowest BCUT2D eigenvalue weighted by molar-refractivity contribution is -0.126. The van der Waals surface area contributed by atoms with E-state index in [1.165, 1.54) is 11.3 Å². The molecule has 0 bridgehead atoms. The van der Waals surface area contributed by atoms with E-state index in [9.17, 15) is 9.59 Å². The Balaban J connectivity index is 1.84. The molecule has 0 aromatic carbocycles. The summed E-state index contributed by atoms with van der Waals surface area (Å²) in [6.07, 6.45) is 6.51. The van der Waals surface area contributed by atoms with E-state index in [1.54, 1.807) is 0 Å². The first kappa shape index (κ1) is 13.6. The highest BCUT2D eigenvalue weighted by Crippen LogP contribution is 2.20. The second kappa shape index (κ2) is 6.39. The van der Waals surface area contributed by atoms with Crippen molar-refractivity contribution in [3.05, 3.63) is 22.4 Å². The Hall–Kier alpha value is -1.80. The third kappa shape index (κ3) is 3.36. The van der Waals surface area contributed by atoms with E-state index in [0.717, 1.165) is 4.88 Å². The number of hydrogen-bond donors (Lipinski definition) is 1. The van der Waals surface area contributed by atoms with Crippen LogP contribution < -0.4 is 5.32 Å². The van der Waals surface area contributed by atoms with Crippen LogP contribution in [0, 0.1) is 18.3 Å². The molecular weight excluding hydrogens is 260 g/mol. The van der Waals surface area contributed by atoms with Gasteiger partial charge in [-0.1, -0.05) is 12.0 Å². The summed E-state index contributed by atoms with van der Waals surface area (Å²) in [5.41, 5.74) is 0. The van der Waals surface area contributed by atoms with E-state index >= 15 is 0 Å². The minimum atomic E-state index is -0.0271. The molecule has 19 heavy (non-hydrogen) atoms. The summed E-state index contributed by atoms with van der Waals surface area (Å²) in [4.78, 5) is 26.4. The minimum absolute atomic E-state index is 0.00109. The molecule has 1 saturated heterocycles. The quantitative estimate of drug-likeness (QED) is 0.847. The highest BCUT2D eigenvalue weighted by molar-refractivity contribution is 7.12. The molecule has 1 fully saturated rings. The number of amides is 2. The first-order valence-corrected chi connectivity index (χ1v) is 7.14. The minimum Gasteiger partial charge on any atom is -0.345 e. The highest BCUT2D eigenvalue weighted by atomic mass is 32.1. The SMILES string of the molecule is C#CCNC(=O)C1CCN(C(=O)c2cccs2)CC1. The average molecular weight is 276 g/mol. The Bertz CT molecular complexity index is 482. The van der Waals surface area contributed by atoms with Crippen LogP contribution in [0.15, 0.2) is 17.5 Å². The second-order valence-corrected chi connectivity index (χ2v) is 5.41. The summed E-state index contributed by atoms with van der Waals surface area (Å²) in [5, 5.41) is 4.59. The molecule has 2 amide bonds. The summed E-state index contributed by atoms with van der Waals surface area (Å²) < 4.78 is 0. The summed E-state index contributed by atoms with van der Waals surface area (Å²) in [7, 11) is 0. The zero-order valence-electron chi connectivity index (χ0n) is 10.6. The predicted molar refractivity (Wildman–Crippen MR) is 74.8 cm³/mol. The Morgan fingerprint density at radius 3 is 2.79 bits per heavy atom. The van der Waals surface area contributed by atoms with Crippen molar-refractivity contribution in [2.45, 2.75) is 12.8 Å². The van der Waals surface area contributed by atoms with Gasteiger partial charge in [0.1, 0.15) is 0 Å². The molecule has 0 atom stereocenters. The first-order chi connectivity index (χ1) is 9.22. The molecule has 4 nitrogen and oxygen atoms in total. The molecule has 0 aliphatic carbocycles. The van der Waals surface area contributed by atoms with E-state index in [4.69, 9.17) is 6.42 Å². The maximum absolute atomic E-state index is 12.1. The lowest BCUT2D eigenvalue weighted by atomic mass is 9.96. The normalized spacial score (nSPS) is 15.8. The van der Waals surface area contributed by atoms with Crippen LogP contribution in [-0.4, -0.2) is 36.3 Å². The van der Waals surface area contributed by atoms with Gasteiger partial charge < -0.3 is 10.2 Å².